The highest BCUT2D eigenvalue weighted by atomic mass is 16.5. The summed E-state index contributed by atoms with van der Waals surface area (Å²) in [4.78, 5) is 0. The van der Waals surface area contributed by atoms with Crippen LogP contribution in [0.5, 0.6) is 5.75 Å². The molecule has 0 heterocycles. The lowest BCUT2D eigenvalue weighted by Crippen LogP contribution is -2.32. The summed E-state index contributed by atoms with van der Waals surface area (Å²) in [5, 5.41) is 3.57. The Balaban J connectivity index is 2.58. The van der Waals surface area contributed by atoms with Gasteiger partial charge < -0.3 is 15.8 Å². The lowest BCUT2D eigenvalue weighted by molar-refractivity contribution is 0.340. The lowest BCUT2D eigenvalue weighted by atomic mass is 10.0. The van der Waals surface area contributed by atoms with Crippen molar-refractivity contribution < 1.29 is 4.74 Å². The highest BCUT2D eigenvalue weighted by Gasteiger charge is 2.11. The maximum Gasteiger partial charge on any atom is 0.119 e. The SMILES string of the molecule is CCOc1ccc(C(CN)NCC(CC)CC)cc1. The van der Waals surface area contributed by atoms with E-state index in [0.29, 0.717) is 13.2 Å². The smallest absolute Gasteiger partial charge is 0.119 e. The Labute approximate surface area is 117 Å². The van der Waals surface area contributed by atoms with E-state index in [0.717, 1.165) is 18.2 Å². The molecule has 0 spiro atoms. The molecule has 3 nitrogen and oxygen atoms in total. The molecule has 0 aliphatic carbocycles. The minimum absolute atomic E-state index is 0.233. The van der Waals surface area contributed by atoms with Gasteiger partial charge in [0.1, 0.15) is 5.75 Å². The van der Waals surface area contributed by atoms with Gasteiger partial charge in [0.05, 0.1) is 6.61 Å². The van der Waals surface area contributed by atoms with E-state index in [-0.39, 0.29) is 6.04 Å². The normalized spacial score (nSPS) is 12.7. The zero-order chi connectivity index (χ0) is 14.1. The molecule has 1 atom stereocenters. The number of nitrogens with one attached hydrogen (secondary N) is 1. The minimum atomic E-state index is 0.233. The molecule has 19 heavy (non-hydrogen) atoms. The van der Waals surface area contributed by atoms with Crippen molar-refractivity contribution in [1.29, 1.82) is 0 Å². The van der Waals surface area contributed by atoms with Gasteiger partial charge in [0.15, 0.2) is 0 Å². The van der Waals surface area contributed by atoms with Gasteiger partial charge in [-0.15, -0.1) is 0 Å². The van der Waals surface area contributed by atoms with Crippen LogP contribution < -0.4 is 15.8 Å². The Morgan fingerprint density at radius 3 is 2.21 bits per heavy atom. The summed E-state index contributed by atoms with van der Waals surface area (Å²) in [6, 6.07) is 8.46. The van der Waals surface area contributed by atoms with E-state index in [9.17, 15) is 0 Å². The molecule has 1 rings (SSSR count). The highest BCUT2D eigenvalue weighted by Crippen LogP contribution is 2.18. The monoisotopic (exact) mass is 264 g/mol. The van der Waals surface area contributed by atoms with Crippen LogP contribution in [0.2, 0.25) is 0 Å². The van der Waals surface area contributed by atoms with Crippen LogP contribution in [0.1, 0.15) is 45.2 Å². The summed E-state index contributed by atoms with van der Waals surface area (Å²) < 4.78 is 5.46. The fourth-order valence-corrected chi connectivity index (χ4v) is 2.19. The third kappa shape index (κ3) is 5.21. The van der Waals surface area contributed by atoms with Crippen LogP contribution in [-0.4, -0.2) is 19.7 Å². The average Bonchev–Trinajstić information content (AvgIpc) is 2.45. The van der Waals surface area contributed by atoms with Crippen LogP contribution in [0.4, 0.5) is 0 Å². The number of rotatable bonds is 9. The molecule has 108 valence electrons. The van der Waals surface area contributed by atoms with Gasteiger partial charge in [-0.3, -0.25) is 0 Å². The number of nitrogens with two attached hydrogens (primary N) is 1. The predicted molar refractivity (Wildman–Crippen MR) is 81.5 cm³/mol. The van der Waals surface area contributed by atoms with E-state index in [1.54, 1.807) is 0 Å². The molecule has 0 radical (unpaired) electrons. The maximum absolute atomic E-state index is 5.88. The van der Waals surface area contributed by atoms with E-state index >= 15 is 0 Å². The second kappa shape index (κ2) is 8.94. The van der Waals surface area contributed by atoms with Gasteiger partial charge in [0.25, 0.3) is 0 Å². The van der Waals surface area contributed by atoms with Crippen molar-refractivity contribution in [3.05, 3.63) is 29.8 Å². The molecule has 0 aromatic heterocycles. The van der Waals surface area contributed by atoms with Crippen LogP contribution in [0.25, 0.3) is 0 Å². The summed E-state index contributed by atoms with van der Waals surface area (Å²) in [6.45, 7) is 8.82. The Hall–Kier alpha value is -1.06. The molecule has 3 heteroatoms. The average molecular weight is 264 g/mol. The first-order chi connectivity index (χ1) is 9.24. The Bertz CT molecular complexity index is 333. The molecule has 0 aliphatic heterocycles. The second-order valence-corrected chi connectivity index (χ2v) is 4.88. The van der Waals surface area contributed by atoms with Crippen molar-refractivity contribution in [2.45, 2.75) is 39.7 Å². The number of ether oxygens (including phenoxy) is 1. The van der Waals surface area contributed by atoms with Gasteiger partial charge >= 0.3 is 0 Å². The molecular formula is C16H28N2O. The largest absolute Gasteiger partial charge is 0.494 e. The minimum Gasteiger partial charge on any atom is -0.494 e. The van der Waals surface area contributed by atoms with Gasteiger partial charge in [0.2, 0.25) is 0 Å². The predicted octanol–water partition coefficient (Wildman–Crippen LogP) is 3.11. The highest BCUT2D eigenvalue weighted by molar-refractivity contribution is 5.29. The van der Waals surface area contributed by atoms with Gasteiger partial charge in [-0.1, -0.05) is 38.8 Å². The summed E-state index contributed by atoms with van der Waals surface area (Å²) in [5.41, 5.74) is 7.11. The first-order valence-electron chi connectivity index (χ1n) is 7.41. The van der Waals surface area contributed by atoms with Crippen molar-refractivity contribution in [2.24, 2.45) is 11.7 Å². The van der Waals surface area contributed by atoms with Crippen molar-refractivity contribution in [3.8, 4) is 5.75 Å². The van der Waals surface area contributed by atoms with E-state index < -0.39 is 0 Å². The van der Waals surface area contributed by atoms with E-state index in [4.69, 9.17) is 10.5 Å². The van der Waals surface area contributed by atoms with E-state index in [1.165, 1.54) is 18.4 Å². The fourth-order valence-electron chi connectivity index (χ4n) is 2.19. The number of hydrogen-bond donors (Lipinski definition) is 2. The molecule has 1 aromatic rings. The third-order valence-corrected chi connectivity index (χ3v) is 3.64. The van der Waals surface area contributed by atoms with Crippen LogP contribution >= 0.6 is 0 Å². The fraction of sp³-hybridized carbons (Fsp3) is 0.625. The van der Waals surface area contributed by atoms with E-state index in [1.807, 2.05) is 19.1 Å². The van der Waals surface area contributed by atoms with Crippen molar-refractivity contribution in [1.82, 2.24) is 5.32 Å². The van der Waals surface area contributed by atoms with Gasteiger partial charge in [-0.25, -0.2) is 0 Å². The van der Waals surface area contributed by atoms with Crippen LogP contribution in [0.3, 0.4) is 0 Å². The second-order valence-electron chi connectivity index (χ2n) is 4.88. The Morgan fingerprint density at radius 2 is 1.74 bits per heavy atom. The molecule has 0 fully saturated rings. The zero-order valence-corrected chi connectivity index (χ0v) is 12.5. The van der Waals surface area contributed by atoms with Crippen molar-refractivity contribution >= 4 is 0 Å². The van der Waals surface area contributed by atoms with Crippen LogP contribution in [-0.2, 0) is 0 Å². The van der Waals surface area contributed by atoms with Crippen molar-refractivity contribution in [3.63, 3.8) is 0 Å². The maximum atomic E-state index is 5.88. The summed E-state index contributed by atoms with van der Waals surface area (Å²) >= 11 is 0. The lowest BCUT2D eigenvalue weighted by Gasteiger charge is -2.21. The first-order valence-corrected chi connectivity index (χ1v) is 7.41. The molecule has 0 saturated heterocycles. The molecule has 0 saturated carbocycles. The molecule has 3 N–H and O–H groups in total. The number of hydrogen-bond acceptors (Lipinski definition) is 3. The van der Waals surface area contributed by atoms with Crippen LogP contribution in [0, 0.1) is 5.92 Å². The molecule has 1 aromatic carbocycles. The third-order valence-electron chi connectivity index (χ3n) is 3.64. The summed E-state index contributed by atoms with van der Waals surface area (Å²) in [5.74, 6) is 1.65. The van der Waals surface area contributed by atoms with Gasteiger partial charge in [-0.2, -0.15) is 0 Å². The standard InChI is InChI=1S/C16H28N2O/c1-4-13(5-2)12-18-16(11-17)14-7-9-15(10-8-14)19-6-3/h7-10,13,16,18H,4-6,11-12,17H2,1-3H3. The Kier molecular flexibility index (Phi) is 7.53. The topological polar surface area (TPSA) is 47.3 Å². The number of benzene rings is 1. The zero-order valence-electron chi connectivity index (χ0n) is 12.5. The van der Waals surface area contributed by atoms with Gasteiger partial charge in [-0.05, 0) is 37.1 Å². The first kappa shape index (κ1) is 16.0. The summed E-state index contributed by atoms with van der Waals surface area (Å²) in [7, 11) is 0. The molecule has 0 amide bonds. The molecule has 0 aliphatic rings. The van der Waals surface area contributed by atoms with E-state index in [2.05, 4.69) is 31.3 Å². The molecule has 0 bridgehead atoms. The Morgan fingerprint density at radius 1 is 1.11 bits per heavy atom. The molecular weight excluding hydrogens is 236 g/mol. The summed E-state index contributed by atoms with van der Waals surface area (Å²) in [6.07, 6.45) is 2.42. The van der Waals surface area contributed by atoms with Crippen molar-refractivity contribution in [2.75, 3.05) is 19.7 Å². The van der Waals surface area contributed by atoms with Crippen LogP contribution in [0.15, 0.2) is 24.3 Å². The van der Waals surface area contributed by atoms with Gasteiger partial charge in [0, 0.05) is 12.6 Å². The quantitative estimate of drug-likeness (QED) is 0.720. The molecule has 1 unspecified atom stereocenters.